The zero-order chi connectivity index (χ0) is 8.85. The van der Waals surface area contributed by atoms with Gasteiger partial charge < -0.3 is 10.2 Å². The molecule has 0 heterocycles. The summed E-state index contributed by atoms with van der Waals surface area (Å²) in [4.78, 5) is 10.1. The lowest BCUT2D eigenvalue weighted by Gasteiger charge is -2.11. The van der Waals surface area contributed by atoms with Crippen LogP contribution in [0.2, 0.25) is 0 Å². The first kappa shape index (κ1) is 10.3. The van der Waals surface area contributed by atoms with Crippen LogP contribution in [0.5, 0.6) is 0 Å². The lowest BCUT2D eigenvalue weighted by atomic mass is 10.4. The maximum absolute atomic E-state index is 10.1. The van der Waals surface area contributed by atoms with Crippen molar-refractivity contribution in [1.82, 2.24) is 10.9 Å². The Morgan fingerprint density at radius 3 is 2.45 bits per heavy atom. The Morgan fingerprint density at radius 1 is 1.55 bits per heavy atom. The zero-order valence-electron chi connectivity index (χ0n) is 6.66. The Morgan fingerprint density at radius 2 is 2.09 bits per heavy atom. The number of carboxylic acids is 1. The summed E-state index contributed by atoms with van der Waals surface area (Å²) in [5.74, 6) is -1.22. The molecule has 66 valence electrons. The second kappa shape index (κ2) is 5.06. The lowest BCUT2D eigenvalue weighted by Crippen LogP contribution is -2.43. The minimum absolute atomic E-state index is 0.00745. The summed E-state index contributed by atoms with van der Waals surface area (Å²) in [6, 6.07) is 0.219. The van der Waals surface area contributed by atoms with E-state index in [9.17, 15) is 4.79 Å². The molecule has 0 bridgehead atoms. The van der Waals surface area contributed by atoms with Crippen LogP contribution in [-0.4, -0.2) is 34.9 Å². The lowest BCUT2D eigenvalue weighted by molar-refractivity contribution is -0.146. The van der Waals surface area contributed by atoms with E-state index in [0.29, 0.717) is 0 Å². The van der Waals surface area contributed by atoms with Crippen molar-refractivity contribution >= 4 is 5.97 Å². The molecule has 5 nitrogen and oxygen atoms in total. The highest BCUT2D eigenvalue weighted by Gasteiger charge is 2.11. The largest absolute Gasteiger partial charge is 0.479 e. The minimum Gasteiger partial charge on any atom is -0.479 e. The Bertz CT molecular complexity index is 127. The van der Waals surface area contributed by atoms with Gasteiger partial charge >= 0.3 is 5.97 Å². The van der Waals surface area contributed by atoms with Crippen LogP contribution in [0.3, 0.4) is 0 Å². The smallest absolute Gasteiger partial charge is 0.333 e. The maximum atomic E-state index is 10.1. The first-order valence-corrected chi connectivity index (χ1v) is 3.43. The molecule has 0 saturated carbocycles. The number of aliphatic carboxylic acids is 1. The topological polar surface area (TPSA) is 81.6 Å². The zero-order valence-corrected chi connectivity index (χ0v) is 6.66. The van der Waals surface area contributed by atoms with E-state index in [1.54, 1.807) is 0 Å². The number of aliphatic hydroxyl groups excluding tert-OH is 1. The van der Waals surface area contributed by atoms with E-state index in [2.05, 4.69) is 10.9 Å². The molecule has 0 unspecified atom stereocenters. The number of hydrazine groups is 1. The summed E-state index contributed by atoms with van der Waals surface area (Å²) >= 11 is 0. The second-order valence-corrected chi connectivity index (χ2v) is 2.53. The van der Waals surface area contributed by atoms with E-state index >= 15 is 0 Å². The van der Waals surface area contributed by atoms with Crippen molar-refractivity contribution < 1.29 is 15.0 Å². The van der Waals surface area contributed by atoms with Gasteiger partial charge in [0.2, 0.25) is 0 Å². The molecule has 0 aromatic heterocycles. The number of carboxylic acid groups (broad SMARTS) is 1. The van der Waals surface area contributed by atoms with E-state index in [1.807, 2.05) is 13.8 Å². The summed E-state index contributed by atoms with van der Waals surface area (Å²) in [6.07, 6.45) is -1.35. The van der Waals surface area contributed by atoms with Crippen LogP contribution in [0.25, 0.3) is 0 Å². The molecule has 0 radical (unpaired) electrons. The molecule has 4 N–H and O–H groups in total. The van der Waals surface area contributed by atoms with Crippen LogP contribution >= 0.6 is 0 Å². The van der Waals surface area contributed by atoms with Gasteiger partial charge in [-0.3, -0.25) is 10.9 Å². The van der Waals surface area contributed by atoms with E-state index in [4.69, 9.17) is 10.2 Å². The van der Waals surface area contributed by atoms with Crippen molar-refractivity contribution in [2.24, 2.45) is 0 Å². The number of aliphatic hydroxyl groups is 1. The summed E-state index contributed by atoms with van der Waals surface area (Å²) in [6.45, 7) is 3.81. The van der Waals surface area contributed by atoms with Crippen LogP contribution < -0.4 is 10.9 Å². The van der Waals surface area contributed by atoms with Crippen LogP contribution in [0, 0.1) is 0 Å². The van der Waals surface area contributed by atoms with E-state index in [1.165, 1.54) is 0 Å². The number of hydrogen-bond acceptors (Lipinski definition) is 4. The van der Waals surface area contributed by atoms with Crippen molar-refractivity contribution in [2.75, 3.05) is 6.54 Å². The molecule has 0 aliphatic carbocycles. The summed E-state index contributed by atoms with van der Waals surface area (Å²) < 4.78 is 0. The first-order chi connectivity index (χ1) is 5.04. The number of rotatable bonds is 5. The van der Waals surface area contributed by atoms with Gasteiger partial charge in [0.25, 0.3) is 0 Å². The molecular formula is C6H14N2O3. The van der Waals surface area contributed by atoms with Crippen LogP contribution in [-0.2, 0) is 4.79 Å². The van der Waals surface area contributed by atoms with Gasteiger partial charge in [0.1, 0.15) is 0 Å². The SMILES string of the molecule is CC(C)NNC[C@@H](O)C(=O)O. The molecule has 1 atom stereocenters. The third-order valence-corrected chi connectivity index (χ3v) is 0.971. The molecule has 0 aliphatic rings. The number of carbonyl (C=O) groups is 1. The highest BCUT2D eigenvalue weighted by molar-refractivity contribution is 5.72. The van der Waals surface area contributed by atoms with Crippen LogP contribution in [0.15, 0.2) is 0 Å². The predicted octanol–water partition coefficient (Wildman–Crippen LogP) is -1.07. The predicted molar refractivity (Wildman–Crippen MR) is 39.9 cm³/mol. The van der Waals surface area contributed by atoms with Crippen molar-refractivity contribution in [2.45, 2.75) is 26.0 Å². The van der Waals surface area contributed by atoms with Crippen molar-refractivity contribution in [3.05, 3.63) is 0 Å². The first-order valence-electron chi connectivity index (χ1n) is 3.43. The van der Waals surface area contributed by atoms with Gasteiger partial charge in [-0.05, 0) is 13.8 Å². The van der Waals surface area contributed by atoms with Gasteiger partial charge in [-0.15, -0.1) is 0 Å². The average Bonchev–Trinajstić information content (AvgIpc) is 1.86. The van der Waals surface area contributed by atoms with Gasteiger partial charge in [-0.2, -0.15) is 0 Å². The molecule has 0 aromatic rings. The monoisotopic (exact) mass is 162 g/mol. The molecule has 0 aliphatic heterocycles. The molecular weight excluding hydrogens is 148 g/mol. The minimum atomic E-state index is -1.35. The van der Waals surface area contributed by atoms with Gasteiger partial charge in [0, 0.05) is 12.6 Å². The van der Waals surface area contributed by atoms with Gasteiger partial charge in [0.15, 0.2) is 6.10 Å². The summed E-state index contributed by atoms with van der Waals surface area (Å²) in [5, 5.41) is 17.0. The highest BCUT2D eigenvalue weighted by Crippen LogP contribution is 1.78. The average molecular weight is 162 g/mol. The van der Waals surface area contributed by atoms with Crippen LogP contribution in [0.4, 0.5) is 0 Å². The quantitative estimate of drug-likeness (QED) is 0.387. The van der Waals surface area contributed by atoms with Crippen molar-refractivity contribution in [3.63, 3.8) is 0 Å². The third-order valence-electron chi connectivity index (χ3n) is 0.971. The highest BCUT2D eigenvalue weighted by atomic mass is 16.4. The van der Waals surface area contributed by atoms with E-state index in [0.717, 1.165) is 0 Å². The molecule has 0 aromatic carbocycles. The fourth-order valence-corrected chi connectivity index (χ4v) is 0.447. The van der Waals surface area contributed by atoms with E-state index in [-0.39, 0.29) is 12.6 Å². The van der Waals surface area contributed by atoms with Crippen LogP contribution in [0.1, 0.15) is 13.8 Å². The Labute approximate surface area is 65.4 Å². The molecule has 0 fully saturated rings. The number of hydrogen-bond donors (Lipinski definition) is 4. The summed E-state index contributed by atoms with van der Waals surface area (Å²) in [5.41, 5.74) is 5.34. The fourth-order valence-electron chi connectivity index (χ4n) is 0.447. The third kappa shape index (κ3) is 5.78. The molecule has 5 heteroatoms. The molecule has 11 heavy (non-hydrogen) atoms. The Balaban J connectivity index is 3.31. The standard InChI is InChI=1S/C6H14N2O3/c1-4(2)8-7-3-5(9)6(10)11/h4-5,7-9H,3H2,1-2H3,(H,10,11)/t5-/m1/s1. The molecule has 0 amide bonds. The Kier molecular flexibility index (Phi) is 4.76. The normalized spacial score (nSPS) is 13.5. The van der Waals surface area contributed by atoms with Gasteiger partial charge in [0.05, 0.1) is 0 Å². The van der Waals surface area contributed by atoms with E-state index < -0.39 is 12.1 Å². The number of nitrogens with one attached hydrogen (secondary N) is 2. The van der Waals surface area contributed by atoms with Gasteiger partial charge in [-0.1, -0.05) is 0 Å². The second-order valence-electron chi connectivity index (χ2n) is 2.53. The fraction of sp³-hybridized carbons (Fsp3) is 0.833. The molecule has 0 rings (SSSR count). The van der Waals surface area contributed by atoms with Crippen molar-refractivity contribution in [3.8, 4) is 0 Å². The molecule has 0 saturated heterocycles. The maximum Gasteiger partial charge on any atom is 0.333 e. The Hall–Kier alpha value is -0.650. The summed E-state index contributed by atoms with van der Waals surface area (Å²) in [7, 11) is 0. The van der Waals surface area contributed by atoms with Gasteiger partial charge in [-0.25, -0.2) is 4.79 Å². The molecule has 0 spiro atoms. The van der Waals surface area contributed by atoms with Crippen molar-refractivity contribution in [1.29, 1.82) is 0 Å².